The minimum absolute atomic E-state index is 0.0313. The standard InChI is InChI=1S/C27H26N4O5/c32-25(16-31-26-20-8-4-5-9-23(20)36-27(33)21(26)15-28-31)30-12-10-29(11-13-30)22(24-17-34-18-35-24)14-19-6-2-1-3-7-19/h1-9,15,17,22H,10-14,16,18H2. The normalized spacial score (nSPS) is 17.1. The lowest BCUT2D eigenvalue weighted by Crippen LogP contribution is -2.53. The summed E-state index contributed by atoms with van der Waals surface area (Å²) in [5.41, 5.74) is 1.88. The predicted octanol–water partition coefficient (Wildman–Crippen LogP) is 2.74. The van der Waals surface area contributed by atoms with Crippen molar-refractivity contribution in [1.29, 1.82) is 0 Å². The summed E-state index contributed by atoms with van der Waals surface area (Å²) in [7, 11) is 0. The van der Waals surface area contributed by atoms with Crippen LogP contribution in [0.3, 0.4) is 0 Å². The van der Waals surface area contributed by atoms with Crippen molar-refractivity contribution in [3.05, 3.63) is 88.8 Å². The van der Waals surface area contributed by atoms with Crippen LogP contribution in [0.25, 0.3) is 21.9 Å². The molecule has 2 aromatic carbocycles. The number of piperazine rings is 1. The van der Waals surface area contributed by atoms with Gasteiger partial charge in [-0.2, -0.15) is 5.10 Å². The number of ether oxygens (including phenoxy) is 2. The van der Waals surface area contributed by atoms with Gasteiger partial charge in [-0.1, -0.05) is 42.5 Å². The number of hydrogen-bond acceptors (Lipinski definition) is 7. The second-order valence-corrected chi connectivity index (χ2v) is 9.02. The summed E-state index contributed by atoms with van der Waals surface area (Å²) in [6, 6.07) is 17.7. The molecule has 0 radical (unpaired) electrons. The Balaban J connectivity index is 1.17. The van der Waals surface area contributed by atoms with Crippen LogP contribution in [0.5, 0.6) is 0 Å². The third-order valence-corrected chi connectivity index (χ3v) is 6.89. The van der Waals surface area contributed by atoms with Crippen LogP contribution in [0.4, 0.5) is 0 Å². The second kappa shape index (κ2) is 9.50. The predicted molar refractivity (Wildman–Crippen MR) is 133 cm³/mol. The van der Waals surface area contributed by atoms with E-state index in [1.54, 1.807) is 17.0 Å². The van der Waals surface area contributed by atoms with Crippen LogP contribution >= 0.6 is 0 Å². The van der Waals surface area contributed by atoms with Gasteiger partial charge in [-0.25, -0.2) is 4.79 Å². The van der Waals surface area contributed by atoms with E-state index in [2.05, 4.69) is 22.1 Å². The lowest BCUT2D eigenvalue weighted by molar-refractivity contribution is -0.134. The lowest BCUT2D eigenvalue weighted by Gasteiger charge is -2.39. The highest BCUT2D eigenvalue weighted by Crippen LogP contribution is 2.24. The van der Waals surface area contributed by atoms with Gasteiger partial charge in [-0.15, -0.1) is 0 Å². The first-order valence-corrected chi connectivity index (χ1v) is 12.0. The summed E-state index contributed by atoms with van der Waals surface area (Å²) >= 11 is 0. The van der Waals surface area contributed by atoms with E-state index >= 15 is 0 Å². The molecule has 184 valence electrons. The van der Waals surface area contributed by atoms with Gasteiger partial charge >= 0.3 is 5.63 Å². The summed E-state index contributed by atoms with van der Waals surface area (Å²) in [4.78, 5) is 29.8. The van der Waals surface area contributed by atoms with E-state index in [0.29, 0.717) is 29.6 Å². The zero-order valence-corrected chi connectivity index (χ0v) is 19.7. The number of carbonyl (C=O) groups excluding carboxylic acids is 1. The molecule has 4 aromatic rings. The number of rotatable bonds is 6. The number of amides is 1. The highest BCUT2D eigenvalue weighted by atomic mass is 16.7. The summed E-state index contributed by atoms with van der Waals surface area (Å²) in [6.07, 6.45) is 3.98. The molecule has 0 bridgehead atoms. The number of nitrogens with zero attached hydrogens (tertiary/aromatic N) is 4. The number of aromatic nitrogens is 2. The molecule has 9 heteroatoms. The van der Waals surface area contributed by atoms with Crippen molar-refractivity contribution in [2.75, 3.05) is 33.0 Å². The van der Waals surface area contributed by atoms with Gasteiger partial charge in [0.1, 0.15) is 23.8 Å². The molecule has 0 saturated carbocycles. The fraction of sp³-hybridized carbons (Fsp3) is 0.296. The summed E-state index contributed by atoms with van der Waals surface area (Å²) in [6.45, 7) is 2.93. The fourth-order valence-corrected chi connectivity index (χ4v) is 5.03. The summed E-state index contributed by atoms with van der Waals surface area (Å²) in [5.74, 6) is 0.795. The number of fused-ring (bicyclic) bond motifs is 3. The third-order valence-electron chi connectivity index (χ3n) is 6.89. The van der Waals surface area contributed by atoms with Gasteiger partial charge in [0.05, 0.1) is 17.8 Å². The Labute approximate surface area is 207 Å². The highest BCUT2D eigenvalue weighted by Gasteiger charge is 2.31. The molecule has 0 N–H and O–H groups in total. The highest BCUT2D eigenvalue weighted by molar-refractivity contribution is 6.02. The first-order chi connectivity index (χ1) is 17.7. The Morgan fingerprint density at radius 1 is 0.972 bits per heavy atom. The van der Waals surface area contributed by atoms with Crippen LogP contribution in [0, 0.1) is 0 Å². The number of hydrogen-bond donors (Lipinski definition) is 0. The molecule has 1 atom stereocenters. The average molecular weight is 487 g/mol. The third kappa shape index (κ3) is 4.22. The Morgan fingerprint density at radius 3 is 2.53 bits per heavy atom. The van der Waals surface area contributed by atoms with E-state index < -0.39 is 5.63 Å². The van der Waals surface area contributed by atoms with Crippen molar-refractivity contribution in [2.45, 2.75) is 19.0 Å². The number of para-hydroxylation sites is 1. The number of carbonyl (C=O) groups is 1. The van der Waals surface area contributed by atoms with Crippen LogP contribution in [-0.4, -0.2) is 64.5 Å². The van der Waals surface area contributed by atoms with Crippen LogP contribution in [0.15, 0.2) is 82.0 Å². The SMILES string of the molecule is O=C(Cn1ncc2c(=O)oc3ccccc3c21)N1CCN(C(Cc2ccccc2)C2=COCO2)CC1. The molecule has 0 aliphatic carbocycles. The summed E-state index contributed by atoms with van der Waals surface area (Å²) < 4.78 is 18.1. The van der Waals surface area contributed by atoms with Crippen molar-refractivity contribution in [2.24, 2.45) is 0 Å². The molecular weight excluding hydrogens is 460 g/mol. The average Bonchev–Trinajstić information content (AvgIpc) is 3.59. The lowest BCUT2D eigenvalue weighted by atomic mass is 10.0. The Hall–Kier alpha value is -4.11. The molecule has 1 saturated heterocycles. The molecule has 1 amide bonds. The van der Waals surface area contributed by atoms with Crippen molar-refractivity contribution < 1.29 is 18.7 Å². The van der Waals surface area contributed by atoms with Gasteiger partial charge in [0.2, 0.25) is 12.7 Å². The molecular formula is C27H26N4O5. The topological polar surface area (TPSA) is 90.0 Å². The maximum Gasteiger partial charge on any atom is 0.347 e. The van der Waals surface area contributed by atoms with Crippen LogP contribution in [0.2, 0.25) is 0 Å². The van der Waals surface area contributed by atoms with Gasteiger partial charge < -0.3 is 18.8 Å². The zero-order chi connectivity index (χ0) is 24.5. The van der Waals surface area contributed by atoms with E-state index in [4.69, 9.17) is 13.9 Å². The van der Waals surface area contributed by atoms with E-state index in [9.17, 15) is 9.59 Å². The minimum atomic E-state index is -0.451. The fourth-order valence-electron chi connectivity index (χ4n) is 5.03. The first-order valence-electron chi connectivity index (χ1n) is 12.0. The molecule has 9 nitrogen and oxygen atoms in total. The van der Waals surface area contributed by atoms with Crippen LogP contribution < -0.4 is 5.63 Å². The maximum absolute atomic E-state index is 13.2. The molecule has 2 aromatic heterocycles. The molecule has 36 heavy (non-hydrogen) atoms. The van der Waals surface area contributed by atoms with E-state index in [-0.39, 0.29) is 25.3 Å². The van der Waals surface area contributed by atoms with Crippen molar-refractivity contribution in [3.63, 3.8) is 0 Å². The first kappa shape index (κ1) is 22.4. The van der Waals surface area contributed by atoms with Gasteiger partial charge in [-0.3, -0.25) is 14.4 Å². The molecule has 2 aliphatic heterocycles. The Bertz CT molecular complexity index is 1480. The zero-order valence-electron chi connectivity index (χ0n) is 19.7. The smallest absolute Gasteiger partial charge is 0.347 e. The van der Waals surface area contributed by atoms with E-state index in [1.807, 2.05) is 41.3 Å². The molecule has 2 aliphatic rings. The molecule has 1 fully saturated rings. The van der Waals surface area contributed by atoms with Crippen LogP contribution in [0.1, 0.15) is 5.56 Å². The number of benzene rings is 2. The largest absolute Gasteiger partial charge is 0.462 e. The Morgan fingerprint density at radius 2 is 1.75 bits per heavy atom. The van der Waals surface area contributed by atoms with Gasteiger partial charge in [0.15, 0.2) is 5.76 Å². The van der Waals surface area contributed by atoms with Crippen molar-refractivity contribution in [1.82, 2.24) is 19.6 Å². The van der Waals surface area contributed by atoms with Crippen molar-refractivity contribution in [3.8, 4) is 0 Å². The van der Waals surface area contributed by atoms with E-state index in [0.717, 1.165) is 30.7 Å². The van der Waals surface area contributed by atoms with Crippen molar-refractivity contribution >= 4 is 27.8 Å². The van der Waals surface area contributed by atoms with Gasteiger partial charge in [0.25, 0.3) is 0 Å². The molecule has 0 spiro atoms. The molecule has 4 heterocycles. The monoisotopic (exact) mass is 486 g/mol. The molecule has 1 unspecified atom stereocenters. The van der Waals surface area contributed by atoms with Crippen LogP contribution in [-0.2, 0) is 27.2 Å². The van der Waals surface area contributed by atoms with Gasteiger partial charge in [-0.05, 0) is 24.1 Å². The van der Waals surface area contributed by atoms with E-state index in [1.165, 1.54) is 11.8 Å². The summed E-state index contributed by atoms with van der Waals surface area (Å²) in [5, 5.41) is 5.48. The van der Waals surface area contributed by atoms with Gasteiger partial charge in [0, 0.05) is 31.6 Å². The molecule has 6 rings (SSSR count). The second-order valence-electron chi connectivity index (χ2n) is 9.02. The minimum Gasteiger partial charge on any atom is -0.462 e. The maximum atomic E-state index is 13.2. The Kier molecular flexibility index (Phi) is 5.90. The quantitative estimate of drug-likeness (QED) is 0.387.